The average molecular weight is 225 g/mol. The molecule has 1 amide bonds. The van der Waals surface area contributed by atoms with Gasteiger partial charge in [-0.25, -0.2) is 4.79 Å². The van der Waals surface area contributed by atoms with Gasteiger partial charge in [-0.15, -0.1) is 11.8 Å². The summed E-state index contributed by atoms with van der Waals surface area (Å²) < 4.78 is 5.21. The van der Waals surface area contributed by atoms with Gasteiger partial charge >= 0.3 is 6.09 Å². The van der Waals surface area contributed by atoms with Crippen LogP contribution in [0, 0.1) is 0 Å². The molecule has 0 fully saturated rings. The lowest BCUT2D eigenvalue weighted by atomic mass is 10.2. The van der Waals surface area contributed by atoms with Gasteiger partial charge in [0.2, 0.25) is 0 Å². The number of rotatable bonds is 1. The first-order valence-electron chi connectivity index (χ1n) is 5.19. The first-order valence-corrected chi connectivity index (χ1v) is 6.17. The maximum atomic E-state index is 11.8. The summed E-state index contributed by atoms with van der Waals surface area (Å²) in [5, 5.41) is 0. The summed E-state index contributed by atoms with van der Waals surface area (Å²) in [4.78, 5) is 14.7. The smallest absolute Gasteiger partial charge is 0.414 e. The lowest BCUT2D eigenvalue weighted by Gasteiger charge is -2.25. The molecular formula is C11H15NO2S. The molecular weight excluding hydrogens is 210 g/mol. The number of allylic oxidation sites excluding steroid dienone is 2. The maximum absolute atomic E-state index is 11.8. The van der Waals surface area contributed by atoms with Gasteiger partial charge in [-0.3, -0.25) is 4.90 Å². The van der Waals surface area contributed by atoms with E-state index in [1.165, 1.54) is 4.91 Å². The van der Waals surface area contributed by atoms with Crippen molar-refractivity contribution in [3.63, 3.8) is 0 Å². The Morgan fingerprint density at radius 1 is 1.60 bits per heavy atom. The highest BCUT2D eigenvalue weighted by molar-refractivity contribution is 8.03. The standard InChI is InChI=1S/C11H15NO2S/c1-8(2)14-11(13)12-6-3-4-10-9(12)5-7-15-10/h3-4,8H,5-7H2,1-2H3. The zero-order valence-corrected chi connectivity index (χ0v) is 9.84. The van der Waals surface area contributed by atoms with Crippen LogP contribution < -0.4 is 0 Å². The fourth-order valence-electron chi connectivity index (χ4n) is 1.70. The monoisotopic (exact) mass is 225 g/mol. The van der Waals surface area contributed by atoms with Crippen molar-refractivity contribution in [1.82, 2.24) is 4.90 Å². The predicted molar refractivity (Wildman–Crippen MR) is 61.6 cm³/mol. The molecule has 0 aromatic heterocycles. The van der Waals surface area contributed by atoms with E-state index in [-0.39, 0.29) is 12.2 Å². The van der Waals surface area contributed by atoms with Crippen LogP contribution in [0.5, 0.6) is 0 Å². The third-order valence-electron chi connectivity index (χ3n) is 2.32. The summed E-state index contributed by atoms with van der Waals surface area (Å²) in [6, 6.07) is 0. The van der Waals surface area contributed by atoms with Crippen molar-refractivity contribution in [2.75, 3.05) is 12.3 Å². The summed E-state index contributed by atoms with van der Waals surface area (Å²) >= 11 is 1.81. The van der Waals surface area contributed by atoms with Crippen LogP contribution >= 0.6 is 11.8 Å². The fourth-order valence-corrected chi connectivity index (χ4v) is 2.79. The largest absolute Gasteiger partial charge is 0.446 e. The van der Waals surface area contributed by atoms with E-state index in [2.05, 4.69) is 6.08 Å². The molecule has 2 rings (SSSR count). The normalized spacial score (nSPS) is 19.8. The van der Waals surface area contributed by atoms with Gasteiger partial charge in [0.25, 0.3) is 0 Å². The molecule has 82 valence electrons. The molecule has 0 aromatic carbocycles. The second-order valence-electron chi connectivity index (χ2n) is 3.85. The van der Waals surface area contributed by atoms with E-state index in [4.69, 9.17) is 4.74 Å². The van der Waals surface area contributed by atoms with Gasteiger partial charge in [0.05, 0.1) is 6.10 Å². The minimum absolute atomic E-state index is 0.0542. The number of carbonyl (C=O) groups is 1. The van der Waals surface area contributed by atoms with E-state index in [1.807, 2.05) is 31.7 Å². The van der Waals surface area contributed by atoms with Gasteiger partial charge in [0.15, 0.2) is 0 Å². The third kappa shape index (κ3) is 2.20. The molecule has 2 aliphatic heterocycles. The van der Waals surface area contributed by atoms with Crippen molar-refractivity contribution in [2.45, 2.75) is 26.4 Å². The molecule has 3 nitrogen and oxygen atoms in total. The molecule has 0 radical (unpaired) electrons. The molecule has 0 saturated carbocycles. The van der Waals surface area contributed by atoms with Gasteiger partial charge in [-0.2, -0.15) is 0 Å². The number of hydrogen-bond acceptors (Lipinski definition) is 3. The number of carbonyl (C=O) groups excluding carboxylic acids is 1. The van der Waals surface area contributed by atoms with Crippen LogP contribution in [0.15, 0.2) is 22.8 Å². The highest BCUT2D eigenvalue weighted by atomic mass is 32.2. The van der Waals surface area contributed by atoms with Crippen molar-refractivity contribution >= 4 is 17.9 Å². The summed E-state index contributed by atoms with van der Waals surface area (Å²) in [6.45, 7) is 4.39. The van der Waals surface area contributed by atoms with Crippen LogP contribution in [0.1, 0.15) is 20.3 Å². The fraction of sp³-hybridized carbons (Fsp3) is 0.545. The van der Waals surface area contributed by atoms with E-state index in [0.29, 0.717) is 6.54 Å². The second-order valence-corrected chi connectivity index (χ2v) is 4.99. The Balaban J connectivity index is 2.10. The van der Waals surface area contributed by atoms with Crippen molar-refractivity contribution in [1.29, 1.82) is 0 Å². The van der Waals surface area contributed by atoms with Gasteiger partial charge in [-0.05, 0) is 26.3 Å². The molecule has 0 unspecified atom stereocenters. The number of nitrogens with zero attached hydrogens (tertiary/aromatic N) is 1. The second kappa shape index (κ2) is 4.31. The number of thioether (sulfide) groups is 1. The van der Waals surface area contributed by atoms with E-state index in [0.717, 1.165) is 17.9 Å². The van der Waals surface area contributed by atoms with Gasteiger partial charge < -0.3 is 4.74 Å². The van der Waals surface area contributed by atoms with Gasteiger partial charge in [-0.1, -0.05) is 6.08 Å². The van der Waals surface area contributed by atoms with Crippen LogP contribution in [0.25, 0.3) is 0 Å². The molecule has 2 aliphatic rings. The topological polar surface area (TPSA) is 29.5 Å². The van der Waals surface area contributed by atoms with Gasteiger partial charge in [0.1, 0.15) is 0 Å². The molecule has 0 aromatic rings. The van der Waals surface area contributed by atoms with Crippen LogP contribution in [0.4, 0.5) is 4.79 Å². The molecule has 4 heteroatoms. The molecule has 0 N–H and O–H groups in total. The SMILES string of the molecule is CC(C)OC(=O)N1CC=CC2=C1CCS2. The van der Waals surface area contributed by atoms with Crippen molar-refractivity contribution in [3.05, 3.63) is 22.8 Å². The van der Waals surface area contributed by atoms with Gasteiger partial charge in [0, 0.05) is 22.9 Å². The summed E-state index contributed by atoms with van der Waals surface area (Å²) in [7, 11) is 0. The Hall–Kier alpha value is -0.900. The Kier molecular flexibility index (Phi) is 3.05. The third-order valence-corrected chi connectivity index (χ3v) is 3.41. The van der Waals surface area contributed by atoms with Crippen LogP contribution in [-0.4, -0.2) is 29.4 Å². The first-order chi connectivity index (χ1) is 7.18. The molecule has 0 saturated heterocycles. The highest BCUT2D eigenvalue weighted by Gasteiger charge is 2.27. The Morgan fingerprint density at radius 3 is 3.13 bits per heavy atom. The Labute approximate surface area is 94.2 Å². The average Bonchev–Trinajstić information content (AvgIpc) is 2.63. The number of amides is 1. The molecule has 0 bridgehead atoms. The lowest BCUT2D eigenvalue weighted by Crippen LogP contribution is -2.34. The summed E-state index contributed by atoms with van der Waals surface area (Å²) in [5.41, 5.74) is 1.13. The zero-order chi connectivity index (χ0) is 10.8. The van der Waals surface area contributed by atoms with E-state index < -0.39 is 0 Å². The van der Waals surface area contributed by atoms with E-state index in [1.54, 1.807) is 4.90 Å². The van der Waals surface area contributed by atoms with Crippen LogP contribution in [0.3, 0.4) is 0 Å². The molecule has 2 heterocycles. The Morgan fingerprint density at radius 2 is 2.40 bits per heavy atom. The lowest BCUT2D eigenvalue weighted by molar-refractivity contribution is 0.0878. The molecule has 15 heavy (non-hydrogen) atoms. The number of hydrogen-bond donors (Lipinski definition) is 0. The van der Waals surface area contributed by atoms with Crippen molar-refractivity contribution in [3.8, 4) is 0 Å². The maximum Gasteiger partial charge on any atom is 0.414 e. The van der Waals surface area contributed by atoms with Crippen LogP contribution in [0.2, 0.25) is 0 Å². The predicted octanol–water partition coefficient (Wildman–Crippen LogP) is 2.75. The van der Waals surface area contributed by atoms with Crippen LogP contribution in [-0.2, 0) is 4.74 Å². The Bertz CT molecular complexity index is 333. The van der Waals surface area contributed by atoms with Crippen molar-refractivity contribution < 1.29 is 9.53 Å². The van der Waals surface area contributed by atoms with E-state index >= 15 is 0 Å². The number of ether oxygens (including phenoxy) is 1. The van der Waals surface area contributed by atoms with Crippen molar-refractivity contribution in [2.24, 2.45) is 0 Å². The highest BCUT2D eigenvalue weighted by Crippen LogP contribution is 2.36. The first kappa shape index (κ1) is 10.6. The minimum Gasteiger partial charge on any atom is -0.446 e. The molecule has 0 spiro atoms. The molecule has 0 atom stereocenters. The quantitative estimate of drug-likeness (QED) is 0.687. The zero-order valence-electron chi connectivity index (χ0n) is 9.03. The molecule has 0 aliphatic carbocycles. The summed E-state index contributed by atoms with van der Waals surface area (Å²) in [6.07, 6.45) is 4.81. The van der Waals surface area contributed by atoms with E-state index in [9.17, 15) is 4.79 Å². The summed E-state index contributed by atoms with van der Waals surface area (Å²) in [5.74, 6) is 1.07. The minimum atomic E-state index is -0.218.